The third kappa shape index (κ3) is 5.18. The van der Waals surface area contributed by atoms with Crippen LogP contribution in [0, 0.1) is 6.92 Å². The second-order valence-corrected chi connectivity index (χ2v) is 6.63. The van der Waals surface area contributed by atoms with Crippen LogP contribution in [0.4, 0.5) is 0 Å². The van der Waals surface area contributed by atoms with Crippen LogP contribution in [0.1, 0.15) is 21.9 Å². The van der Waals surface area contributed by atoms with E-state index in [-0.39, 0.29) is 11.6 Å². The van der Waals surface area contributed by atoms with Crippen molar-refractivity contribution in [3.05, 3.63) is 81.9 Å². The summed E-state index contributed by atoms with van der Waals surface area (Å²) in [4.78, 5) is 21.0. The molecule has 0 atom stereocenters. The average molecular weight is 402 g/mol. The monoisotopic (exact) mass is 401 g/mol. The lowest BCUT2D eigenvalue weighted by Gasteiger charge is -2.11. The van der Waals surface area contributed by atoms with Crippen LogP contribution in [0.25, 0.3) is 0 Å². The summed E-state index contributed by atoms with van der Waals surface area (Å²) in [6.45, 7) is 2.12. The van der Waals surface area contributed by atoms with Crippen molar-refractivity contribution >= 4 is 29.1 Å². The van der Waals surface area contributed by atoms with Gasteiger partial charge in [0.05, 0.1) is 6.20 Å². The Morgan fingerprint density at radius 2 is 1.93 bits per heavy atom. The third-order valence-electron chi connectivity index (χ3n) is 3.76. The minimum absolute atomic E-state index is 0.188. The summed E-state index contributed by atoms with van der Waals surface area (Å²) >= 11 is 12.1. The van der Waals surface area contributed by atoms with E-state index in [0.717, 1.165) is 5.56 Å². The fourth-order valence-electron chi connectivity index (χ4n) is 2.43. The molecule has 0 saturated carbocycles. The number of halogens is 2. The van der Waals surface area contributed by atoms with Crippen molar-refractivity contribution in [1.29, 1.82) is 0 Å². The molecule has 2 aromatic carbocycles. The van der Waals surface area contributed by atoms with E-state index in [9.17, 15) is 4.79 Å². The number of amides is 1. The molecule has 138 valence electrons. The zero-order valence-corrected chi connectivity index (χ0v) is 16.1. The molecule has 1 amide bonds. The molecular weight excluding hydrogens is 385 g/mol. The zero-order chi connectivity index (χ0) is 19.2. The van der Waals surface area contributed by atoms with E-state index in [1.54, 1.807) is 31.2 Å². The van der Waals surface area contributed by atoms with Gasteiger partial charge in [0.25, 0.3) is 5.91 Å². The summed E-state index contributed by atoms with van der Waals surface area (Å²) in [5, 5.41) is 3.99. The van der Waals surface area contributed by atoms with Gasteiger partial charge in [-0.15, -0.1) is 0 Å². The van der Waals surface area contributed by atoms with Crippen molar-refractivity contribution < 1.29 is 9.53 Å². The van der Waals surface area contributed by atoms with Gasteiger partial charge in [-0.05, 0) is 43.2 Å². The Bertz CT molecular complexity index is 949. The summed E-state index contributed by atoms with van der Waals surface area (Å²) in [5.74, 6) is 1.05. The lowest BCUT2D eigenvalue weighted by molar-refractivity contribution is 0.0946. The van der Waals surface area contributed by atoms with E-state index < -0.39 is 0 Å². The molecule has 0 aliphatic carbocycles. The van der Waals surface area contributed by atoms with E-state index in [4.69, 9.17) is 27.9 Å². The van der Waals surface area contributed by atoms with E-state index in [1.807, 2.05) is 24.3 Å². The van der Waals surface area contributed by atoms with Crippen molar-refractivity contribution in [3.63, 3.8) is 0 Å². The minimum Gasteiger partial charge on any atom is -0.453 e. The van der Waals surface area contributed by atoms with Crippen LogP contribution in [-0.4, -0.2) is 22.4 Å². The number of carbonyl (C=O) groups is 1. The second-order valence-electron chi connectivity index (χ2n) is 5.79. The van der Waals surface area contributed by atoms with Gasteiger partial charge < -0.3 is 10.1 Å². The first kappa shape index (κ1) is 19.1. The van der Waals surface area contributed by atoms with Gasteiger partial charge in [-0.25, -0.2) is 9.97 Å². The molecular formula is C20H17Cl2N3O2. The number of rotatable bonds is 6. The number of aromatic nitrogens is 2. The highest BCUT2D eigenvalue weighted by molar-refractivity contribution is 6.35. The Morgan fingerprint density at radius 1 is 1.15 bits per heavy atom. The van der Waals surface area contributed by atoms with Crippen LogP contribution in [-0.2, 0) is 6.42 Å². The van der Waals surface area contributed by atoms with Crippen LogP contribution in [0.15, 0.2) is 54.7 Å². The molecule has 5 nitrogen and oxygen atoms in total. The van der Waals surface area contributed by atoms with E-state index >= 15 is 0 Å². The van der Waals surface area contributed by atoms with Crippen molar-refractivity contribution in [2.24, 2.45) is 0 Å². The van der Waals surface area contributed by atoms with Gasteiger partial charge in [-0.2, -0.15) is 0 Å². The van der Waals surface area contributed by atoms with E-state index in [0.29, 0.717) is 40.3 Å². The fraction of sp³-hybridized carbons (Fsp3) is 0.150. The highest BCUT2D eigenvalue weighted by atomic mass is 35.5. The van der Waals surface area contributed by atoms with Crippen LogP contribution in [0.2, 0.25) is 10.0 Å². The number of ether oxygens (including phenoxy) is 1. The molecule has 3 aromatic rings. The lowest BCUT2D eigenvalue weighted by Crippen LogP contribution is -2.27. The number of nitrogens with zero attached hydrogens (tertiary/aromatic N) is 2. The SMILES string of the molecule is Cc1ncc(Oc2ccccc2)c(C(=O)NCCc2ccc(Cl)cc2Cl)n1. The standard InChI is InChI=1S/C20H17Cl2N3O2/c1-13-24-12-18(27-16-5-3-2-4-6-16)19(25-13)20(26)23-10-9-14-7-8-15(21)11-17(14)22/h2-8,11-12H,9-10H2,1H3,(H,23,26). The summed E-state index contributed by atoms with van der Waals surface area (Å²) < 4.78 is 5.76. The van der Waals surface area contributed by atoms with Crippen molar-refractivity contribution in [2.45, 2.75) is 13.3 Å². The van der Waals surface area contributed by atoms with E-state index in [1.165, 1.54) is 6.20 Å². The molecule has 0 spiro atoms. The smallest absolute Gasteiger partial charge is 0.273 e. The maximum atomic E-state index is 12.6. The van der Waals surface area contributed by atoms with Gasteiger partial charge in [0.2, 0.25) is 0 Å². The molecule has 0 radical (unpaired) electrons. The zero-order valence-electron chi connectivity index (χ0n) is 14.6. The Labute approximate surface area is 167 Å². The number of aryl methyl sites for hydroxylation is 1. The molecule has 0 aliphatic rings. The van der Waals surface area contributed by atoms with Gasteiger partial charge in [0.15, 0.2) is 11.4 Å². The molecule has 0 bridgehead atoms. The normalized spacial score (nSPS) is 10.5. The van der Waals surface area contributed by atoms with Crippen molar-refractivity contribution in [3.8, 4) is 11.5 Å². The number of hydrogen-bond acceptors (Lipinski definition) is 4. The first-order valence-electron chi connectivity index (χ1n) is 8.31. The number of nitrogens with one attached hydrogen (secondary N) is 1. The lowest BCUT2D eigenvalue weighted by atomic mass is 10.1. The molecule has 7 heteroatoms. The molecule has 1 aromatic heterocycles. The highest BCUT2D eigenvalue weighted by Gasteiger charge is 2.16. The van der Waals surface area contributed by atoms with Gasteiger partial charge in [-0.3, -0.25) is 4.79 Å². The maximum Gasteiger partial charge on any atom is 0.273 e. The highest BCUT2D eigenvalue weighted by Crippen LogP contribution is 2.24. The van der Waals surface area contributed by atoms with Crippen LogP contribution in [0.3, 0.4) is 0 Å². The second kappa shape index (κ2) is 8.84. The molecule has 3 rings (SSSR count). The van der Waals surface area contributed by atoms with Gasteiger partial charge in [0, 0.05) is 16.6 Å². The minimum atomic E-state index is -0.337. The predicted octanol–water partition coefficient (Wildman–Crippen LogP) is 4.86. The van der Waals surface area contributed by atoms with Gasteiger partial charge in [0.1, 0.15) is 11.6 Å². The van der Waals surface area contributed by atoms with Crippen LogP contribution >= 0.6 is 23.2 Å². The van der Waals surface area contributed by atoms with Crippen LogP contribution in [0.5, 0.6) is 11.5 Å². The first-order chi connectivity index (χ1) is 13.0. The quantitative estimate of drug-likeness (QED) is 0.640. The third-order valence-corrected chi connectivity index (χ3v) is 4.34. The molecule has 0 saturated heterocycles. The molecule has 1 heterocycles. The topological polar surface area (TPSA) is 64.1 Å². The van der Waals surface area contributed by atoms with Crippen molar-refractivity contribution in [1.82, 2.24) is 15.3 Å². The molecule has 0 fully saturated rings. The van der Waals surface area contributed by atoms with Gasteiger partial charge in [-0.1, -0.05) is 47.5 Å². The number of hydrogen-bond donors (Lipinski definition) is 1. The molecule has 0 aliphatic heterocycles. The Morgan fingerprint density at radius 3 is 2.67 bits per heavy atom. The Hall–Kier alpha value is -2.63. The maximum absolute atomic E-state index is 12.6. The average Bonchev–Trinajstić information content (AvgIpc) is 2.65. The summed E-state index contributed by atoms with van der Waals surface area (Å²) in [6, 6.07) is 14.5. The Balaban J connectivity index is 1.69. The molecule has 27 heavy (non-hydrogen) atoms. The summed E-state index contributed by atoms with van der Waals surface area (Å²) in [6.07, 6.45) is 2.07. The predicted molar refractivity (Wildman–Crippen MR) is 106 cm³/mol. The van der Waals surface area contributed by atoms with Crippen molar-refractivity contribution in [2.75, 3.05) is 6.54 Å². The largest absolute Gasteiger partial charge is 0.453 e. The van der Waals surface area contributed by atoms with Gasteiger partial charge >= 0.3 is 0 Å². The first-order valence-corrected chi connectivity index (χ1v) is 9.07. The van der Waals surface area contributed by atoms with Crippen LogP contribution < -0.4 is 10.1 Å². The Kier molecular flexibility index (Phi) is 6.27. The number of benzene rings is 2. The molecule has 1 N–H and O–H groups in total. The number of carbonyl (C=O) groups excluding carboxylic acids is 1. The fourth-order valence-corrected chi connectivity index (χ4v) is 2.93. The number of para-hydroxylation sites is 1. The van der Waals surface area contributed by atoms with E-state index in [2.05, 4.69) is 15.3 Å². The summed E-state index contributed by atoms with van der Waals surface area (Å²) in [5.41, 5.74) is 1.09. The summed E-state index contributed by atoms with van der Waals surface area (Å²) in [7, 11) is 0. The molecule has 0 unspecified atom stereocenters.